The van der Waals surface area contributed by atoms with Gasteiger partial charge in [-0.25, -0.2) is 9.37 Å². The average molecular weight is 345 g/mol. The van der Waals surface area contributed by atoms with Gasteiger partial charge in [-0.3, -0.25) is 14.2 Å². The van der Waals surface area contributed by atoms with Crippen LogP contribution in [-0.2, 0) is 11.3 Å². The first-order chi connectivity index (χ1) is 11.8. The number of hydrogen-bond donors (Lipinski definition) is 0. The second-order valence-electron chi connectivity index (χ2n) is 7.85. The number of rotatable bonds is 2. The first-order valence-electron chi connectivity index (χ1n) is 8.70. The number of aromatic nitrogens is 2. The van der Waals surface area contributed by atoms with E-state index in [9.17, 15) is 14.0 Å². The van der Waals surface area contributed by atoms with Crippen LogP contribution in [0.25, 0.3) is 10.9 Å². The van der Waals surface area contributed by atoms with Crippen LogP contribution in [0.3, 0.4) is 0 Å². The lowest BCUT2D eigenvalue weighted by Gasteiger charge is -2.35. The number of piperidine rings is 1. The van der Waals surface area contributed by atoms with Crippen molar-refractivity contribution in [2.75, 3.05) is 13.1 Å². The molecule has 1 amide bonds. The van der Waals surface area contributed by atoms with Crippen molar-refractivity contribution in [1.82, 2.24) is 14.5 Å². The molecular formula is C19H24FN3O2. The number of halogens is 1. The van der Waals surface area contributed by atoms with Gasteiger partial charge in [-0.2, -0.15) is 0 Å². The van der Waals surface area contributed by atoms with E-state index in [1.54, 1.807) is 4.57 Å². The fourth-order valence-electron chi connectivity index (χ4n) is 3.33. The normalized spacial score (nSPS) is 16.4. The van der Waals surface area contributed by atoms with Crippen LogP contribution in [0, 0.1) is 17.2 Å². The maximum absolute atomic E-state index is 13.2. The van der Waals surface area contributed by atoms with Crippen molar-refractivity contribution in [3.8, 4) is 0 Å². The summed E-state index contributed by atoms with van der Waals surface area (Å²) < 4.78 is 14.8. The van der Waals surface area contributed by atoms with Crippen molar-refractivity contribution in [2.24, 2.45) is 11.3 Å². The summed E-state index contributed by atoms with van der Waals surface area (Å²) in [6, 6.07) is 4.05. The smallest absolute Gasteiger partial charge is 0.261 e. The summed E-state index contributed by atoms with van der Waals surface area (Å²) in [6.07, 6.45) is 3.24. The molecule has 5 nitrogen and oxygen atoms in total. The van der Waals surface area contributed by atoms with Crippen LogP contribution in [0.4, 0.5) is 4.39 Å². The van der Waals surface area contributed by atoms with E-state index in [0.717, 1.165) is 25.9 Å². The molecular weight excluding hydrogens is 321 g/mol. The lowest BCUT2D eigenvalue weighted by molar-refractivity contribution is -0.140. The molecule has 1 saturated heterocycles. The Balaban J connectivity index is 1.69. The molecule has 134 valence electrons. The van der Waals surface area contributed by atoms with Crippen molar-refractivity contribution in [1.29, 1.82) is 0 Å². The van der Waals surface area contributed by atoms with Crippen LogP contribution in [0.5, 0.6) is 0 Å². The van der Waals surface area contributed by atoms with Crippen LogP contribution in [0.2, 0.25) is 0 Å². The summed E-state index contributed by atoms with van der Waals surface area (Å²) in [7, 11) is 0. The lowest BCUT2D eigenvalue weighted by atomic mass is 9.91. The molecule has 25 heavy (non-hydrogen) atoms. The summed E-state index contributed by atoms with van der Waals surface area (Å²) >= 11 is 0. The van der Waals surface area contributed by atoms with Crippen LogP contribution < -0.4 is 5.56 Å². The number of benzene rings is 1. The number of carbonyl (C=O) groups is 1. The molecule has 2 aromatic rings. The minimum atomic E-state index is -0.395. The minimum absolute atomic E-state index is 0.141. The van der Waals surface area contributed by atoms with E-state index in [-0.39, 0.29) is 16.9 Å². The fourth-order valence-corrected chi connectivity index (χ4v) is 3.33. The molecule has 0 radical (unpaired) electrons. The molecule has 1 aromatic carbocycles. The Bertz CT molecular complexity index is 846. The second kappa shape index (κ2) is 6.58. The SMILES string of the molecule is CC(C)(C)C(=O)N1CCC(Cn2cnc3cc(F)ccc3c2=O)CC1. The topological polar surface area (TPSA) is 55.2 Å². The molecule has 0 unspecified atom stereocenters. The Morgan fingerprint density at radius 2 is 1.96 bits per heavy atom. The van der Waals surface area contributed by atoms with Crippen molar-refractivity contribution in [3.63, 3.8) is 0 Å². The summed E-state index contributed by atoms with van der Waals surface area (Å²) in [5, 5.41) is 0.434. The third-order valence-corrected chi connectivity index (χ3v) is 4.79. The van der Waals surface area contributed by atoms with Gasteiger partial charge in [-0.15, -0.1) is 0 Å². The number of likely N-dealkylation sites (tertiary alicyclic amines) is 1. The van der Waals surface area contributed by atoms with Gasteiger partial charge in [0.25, 0.3) is 5.56 Å². The molecule has 1 fully saturated rings. The van der Waals surface area contributed by atoms with Crippen molar-refractivity contribution in [3.05, 3.63) is 40.7 Å². The first-order valence-corrected chi connectivity index (χ1v) is 8.70. The van der Waals surface area contributed by atoms with Gasteiger partial charge in [-0.1, -0.05) is 20.8 Å². The highest BCUT2D eigenvalue weighted by Gasteiger charge is 2.30. The van der Waals surface area contributed by atoms with Gasteiger partial charge in [0.2, 0.25) is 5.91 Å². The van der Waals surface area contributed by atoms with E-state index in [0.29, 0.717) is 23.4 Å². The predicted molar refractivity (Wildman–Crippen MR) is 94.7 cm³/mol. The Kier molecular flexibility index (Phi) is 4.62. The highest BCUT2D eigenvalue weighted by molar-refractivity contribution is 5.81. The average Bonchev–Trinajstić information content (AvgIpc) is 2.56. The van der Waals surface area contributed by atoms with Gasteiger partial charge >= 0.3 is 0 Å². The van der Waals surface area contributed by atoms with Crippen LogP contribution in [0.1, 0.15) is 33.6 Å². The van der Waals surface area contributed by atoms with E-state index in [1.165, 1.54) is 24.5 Å². The van der Waals surface area contributed by atoms with Gasteiger partial charge in [0.15, 0.2) is 0 Å². The van der Waals surface area contributed by atoms with Crippen LogP contribution >= 0.6 is 0 Å². The standard InChI is InChI=1S/C19H24FN3O2/c1-19(2,3)18(25)22-8-6-13(7-9-22)11-23-12-21-16-10-14(20)4-5-15(16)17(23)24/h4-5,10,12-13H,6-9,11H2,1-3H3. The zero-order valence-electron chi connectivity index (χ0n) is 15.0. The fraction of sp³-hybridized carbons (Fsp3) is 0.526. The zero-order chi connectivity index (χ0) is 18.2. The van der Waals surface area contributed by atoms with E-state index in [4.69, 9.17) is 0 Å². The summed E-state index contributed by atoms with van der Waals surface area (Å²) in [5.74, 6) is 0.118. The number of fused-ring (bicyclic) bond motifs is 1. The Hall–Kier alpha value is -2.24. The maximum Gasteiger partial charge on any atom is 0.261 e. The first kappa shape index (κ1) is 17.6. The molecule has 1 aliphatic heterocycles. The van der Waals surface area contributed by atoms with Gasteiger partial charge in [0.1, 0.15) is 5.82 Å². The molecule has 0 saturated carbocycles. The molecule has 1 aliphatic rings. The molecule has 0 bridgehead atoms. The highest BCUT2D eigenvalue weighted by Crippen LogP contribution is 2.24. The van der Waals surface area contributed by atoms with E-state index >= 15 is 0 Å². The molecule has 3 rings (SSSR count). The summed E-state index contributed by atoms with van der Waals surface area (Å²) in [5.41, 5.74) is -0.119. The van der Waals surface area contributed by atoms with Crippen LogP contribution in [-0.4, -0.2) is 33.4 Å². The minimum Gasteiger partial charge on any atom is -0.342 e. The Morgan fingerprint density at radius 1 is 1.28 bits per heavy atom. The molecule has 2 heterocycles. The Morgan fingerprint density at radius 3 is 2.60 bits per heavy atom. The monoisotopic (exact) mass is 345 g/mol. The van der Waals surface area contributed by atoms with E-state index < -0.39 is 5.82 Å². The third kappa shape index (κ3) is 3.72. The molecule has 0 atom stereocenters. The van der Waals surface area contributed by atoms with Crippen LogP contribution in [0.15, 0.2) is 29.3 Å². The summed E-state index contributed by atoms with van der Waals surface area (Å²) in [6.45, 7) is 7.83. The van der Waals surface area contributed by atoms with Gasteiger partial charge < -0.3 is 4.90 Å². The number of amides is 1. The second-order valence-corrected chi connectivity index (χ2v) is 7.85. The maximum atomic E-state index is 13.2. The number of hydrogen-bond acceptors (Lipinski definition) is 3. The predicted octanol–water partition coefficient (Wildman–Crippen LogP) is 2.82. The quantitative estimate of drug-likeness (QED) is 0.841. The molecule has 6 heteroatoms. The van der Waals surface area contributed by atoms with Crippen molar-refractivity contribution >= 4 is 16.8 Å². The zero-order valence-corrected chi connectivity index (χ0v) is 15.0. The Labute approximate surface area is 146 Å². The number of carbonyl (C=O) groups excluding carboxylic acids is 1. The molecule has 0 N–H and O–H groups in total. The number of nitrogens with zero attached hydrogens (tertiary/aromatic N) is 3. The van der Waals surface area contributed by atoms with Gasteiger partial charge in [-0.05, 0) is 30.9 Å². The molecule has 1 aromatic heterocycles. The largest absolute Gasteiger partial charge is 0.342 e. The van der Waals surface area contributed by atoms with Crippen molar-refractivity contribution < 1.29 is 9.18 Å². The van der Waals surface area contributed by atoms with Gasteiger partial charge in [0.05, 0.1) is 17.2 Å². The van der Waals surface area contributed by atoms with E-state index in [1.807, 2.05) is 25.7 Å². The summed E-state index contributed by atoms with van der Waals surface area (Å²) in [4.78, 5) is 31.0. The highest BCUT2D eigenvalue weighted by atomic mass is 19.1. The lowest BCUT2D eigenvalue weighted by Crippen LogP contribution is -2.44. The molecule has 0 spiro atoms. The van der Waals surface area contributed by atoms with Gasteiger partial charge in [0, 0.05) is 31.1 Å². The molecule has 0 aliphatic carbocycles. The van der Waals surface area contributed by atoms with Crippen molar-refractivity contribution in [2.45, 2.75) is 40.2 Å². The third-order valence-electron chi connectivity index (χ3n) is 4.79. The van der Waals surface area contributed by atoms with E-state index in [2.05, 4.69) is 4.98 Å².